The number of hydrogen-bond donors (Lipinski definition) is 1. The molecular formula is C37H46N4O5S. The molecule has 4 fully saturated rings. The van der Waals surface area contributed by atoms with Gasteiger partial charge in [0.05, 0.1) is 29.4 Å². The van der Waals surface area contributed by atoms with Gasteiger partial charge in [0.1, 0.15) is 5.75 Å². The van der Waals surface area contributed by atoms with Crippen LogP contribution in [0.2, 0.25) is 0 Å². The molecule has 10 heteroatoms. The van der Waals surface area contributed by atoms with Crippen molar-refractivity contribution in [3.05, 3.63) is 63.9 Å². The molecular weight excluding hydrogens is 612 g/mol. The molecule has 3 saturated heterocycles. The number of piperazine rings is 1. The van der Waals surface area contributed by atoms with Gasteiger partial charge in [-0.2, -0.15) is 0 Å². The van der Waals surface area contributed by atoms with Gasteiger partial charge in [0.15, 0.2) is 0 Å². The summed E-state index contributed by atoms with van der Waals surface area (Å²) >= 11 is 0. The van der Waals surface area contributed by atoms with Crippen molar-refractivity contribution in [1.29, 1.82) is 0 Å². The van der Waals surface area contributed by atoms with Gasteiger partial charge in [0.25, 0.3) is 5.91 Å². The maximum atomic E-state index is 14.7. The van der Waals surface area contributed by atoms with Gasteiger partial charge in [-0.25, -0.2) is 13.1 Å². The van der Waals surface area contributed by atoms with Crippen molar-refractivity contribution in [3.63, 3.8) is 0 Å². The van der Waals surface area contributed by atoms with Crippen LogP contribution in [-0.4, -0.2) is 79.2 Å². The zero-order valence-corrected chi connectivity index (χ0v) is 28.7. The predicted octanol–water partition coefficient (Wildman–Crippen LogP) is 5.14. The Hall–Kier alpha value is -3.37. The smallest absolute Gasteiger partial charge is 0.265 e. The first kappa shape index (κ1) is 30.9. The van der Waals surface area contributed by atoms with Crippen molar-refractivity contribution < 1.29 is 22.7 Å². The van der Waals surface area contributed by atoms with Crippen molar-refractivity contribution in [2.24, 2.45) is 5.92 Å². The molecule has 2 amide bonds. The molecule has 3 aliphatic carbocycles. The van der Waals surface area contributed by atoms with Crippen molar-refractivity contribution in [1.82, 2.24) is 19.1 Å². The van der Waals surface area contributed by atoms with Crippen LogP contribution in [0.5, 0.6) is 5.75 Å². The fourth-order valence-corrected chi connectivity index (χ4v) is 9.92. The molecule has 9 nitrogen and oxygen atoms in total. The topological polar surface area (TPSA) is 101 Å². The van der Waals surface area contributed by atoms with Gasteiger partial charge in [-0.15, -0.1) is 0 Å². The number of hydrogen-bond acceptors (Lipinski definition) is 6. The van der Waals surface area contributed by atoms with E-state index in [1.165, 1.54) is 24.8 Å². The number of fused-ring (bicyclic) bond motifs is 9. The molecule has 47 heavy (non-hydrogen) atoms. The summed E-state index contributed by atoms with van der Waals surface area (Å²) in [7, 11) is 0.0644. The fraction of sp³-hybridized carbons (Fsp3) is 0.568. The SMILES string of the molecule is COc1ccc(C2CCCCC2)c2c1cc1n2CC2=C(C(=O)NS(=O)(=O)C(C)C)C2=C2C=CC[C@@H](C(=O)N3CC4CCC3CN4C)[C@@H]21. The maximum absolute atomic E-state index is 14.7. The van der Waals surface area contributed by atoms with E-state index in [9.17, 15) is 18.0 Å². The summed E-state index contributed by atoms with van der Waals surface area (Å²) < 4.78 is 36.2. The molecule has 4 aliphatic heterocycles. The second kappa shape index (κ2) is 11.4. The van der Waals surface area contributed by atoms with E-state index < -0.39 is 21.2 Å². The van der Waals surface area contributed by atoms with E-state index in [0.717, 1.165) is 77.8 Å². The van der Waals surface area contributed by atoms with Gasteiger partial charge < -0.3 is 14.2 Å². The highest BCUT2D eigenvalue weighted by Crippen LogP contribution is 2.55. The summed E-state index contributed by atoms with van der Waals surface area (Å²) in [5, 5.41) is 0.314. The minimum atomic E-state index is -3.81. The Bertz CT molecular complexity index is 1880. The van der Waals surface area contributed by atoms with Crippen LogP contribution in [0.25, 0.3) is 10.9 Å². The Balaban J connectivity index is 1.29. The minimum Gasteiger partial charge on any atom is -0.496 e. The molecule has 5 heterocycles. The highest BCUT2D eigenvalue weighted by Gasteiger charge is 2.50. The minimum absolute atomic E-state index is 0.189. The third kappa shape index (κ3) is 4.92. The van der Waals surface area contributed by atoms with Crippen LogP contribution in [0.15, 0.2) is 52.6 Å². The lowest BCUT2D eigenvalue weighted by atomic mass is 9.75. The lowest BCUT2D eigenvalue weighted by molar-refractivity contribution is -0.146. The first-order chi connectivity index (χ1) is 22.6. The number of carbonyl (C=O) groups excluding carboxylic acids is 2. The molecule has 0 radical (unpaired) electrons. The summed E-state index contributed by atoms with van der Waals surface area (Å²) in [5.74, 6) is 0.280. The van der Waals surface area contributed by atoms with E-state index in [2.05, 4.69) is 56.5 Å². The molecule has 2 bridgehead atoms. The second-order valence-electron chi connectivity index (χ2n) is 14.9. The van der Waals surface area contributed by atoms with Gasteiger partial charge in [-0.05, 0) is 93.3 Å². The number of carbonyl (C=O) groups is 2. The average Bonchev–Trinajstić information content (AvgIpc) is 3.70. The number of sulfonamides is 1. The van der Waals surface area contributed by atoms with Gasteiger partial charge in [0, 0.05) is 48.7 Å². The lowest BCUT2D eigenvalue weighted by Crippen LogP contribution is -2.63. The number of methoxy groups -OCH3 is 1. The third-order valence-electron chi connectivity index (χ3n) is 12.0. The van der Waals surface area contributed by atoms with Gasteiger partial charge in [-0.1, -0.05) is 37.5 Å². The van der Waals surface area contributed by atoms with Crippen molar-refractivity contribution in [2.75, 3.05) is 27.2 Å². The molecule has 2 aromatic rings. The number of likely N-dealkylation sites (N-methyl/N-ethyl adjacent to an activating group) is 1. The fourth-order valence-electron chi connectivity index (χ4n) is 9.33. The standard InChI is InChI=1S/C37H46N4O5S/c1-21(2)47(44,45)38-36(42)34-29-20-41-30(17-28-31(46-4)16-15-25(35(28)41)22-9-6-5-7-10-22)32-26(33(29)34)11-8-12-27(32)37(43)40-19-23-13-14-24(40)18-39(23)3/h8,11,15-17,21-24,27,32H,5-7,9-10,12-14,18-20H2,1-4H3,(H,38,42)/t23?,24?,27-,32-/m1/s1. The molecule has 2 unspecified atom stereocenters. The molecule has 7 aliphatic rings. The van der Waals surface area contributed by atoms with E-state index in [-0.39, 0.29) is 23.8 Å². The summed E-state index contributed by atoms with van der Waals surface area (Å²) in [6.45, 7) is 5.25. The number of benzene rings is 1. The van der Waals surface area contributed by atoms with E-state index in [1.807, 2.05) is 0 Å². The van der Waals surface area contributed by atoms with Crippen LogP contribution < -0.4 is 9.46 Å². The Kier molecular flexibility index (Phi) is 7.48. The van der Waals surface area contributed by atoms with E-state index in [4.69, 9.17) is 4.74 Å². The lowest BCUT2D eigenvalue weighted by Gasteiger charge is -2.51. The summed E-state index contributed by atoms with van der Waals surface area (Å²) in [6.07, 6.45) is 12.9. The van der Waals surface area contributed by atoms with Gasteiger partial charge >= 0.3 is 0 Å². The van der Waals surface area contributed by atoms with Crippen molar-refractivity contribution in [2.45, 2.75) is 101 Å². The zero-order valence-electron chi connectivity index (χ0n) is 27.9. The van der Waals surface area contributed by atoms with E-state index >= 15 is 0 Å². The number of allylic oxidation sites excluding steroid dienone is 4. The zero-order chi connectivity index (χ0) is 32.8. The molecule has 1 aromatic carbocycles. The Morgan fingerprint density at radius 1 is 1.02 bits per heavy atom. The van der Waals surface area contributed by atoms with Crippen molar-refractivity contribution >= 4 is 32.7 Å². The van der Waals surface area contributed by atoms with Gasteiger partial charge in [-0.3, -0.25) is 14.5 Å². The summed E-state index contributed by atoms with van der Waals surface area (Å²) in [4.78, 5) is 32.9. The van der Waals surface area contributed by atoms with Crippen LogP contribution >= 0.6 is 0 Å². The molecule has 0 spiro atoms. The number of amides is 2. The number of nitrogens with zero attached hydrogens (tertiary/aromatic N) is 3. The van der Waals surface area contributed by atoms with Crippen LogP contribution in [0.4, 0.5) is 0 Å². The highest BCUT2D eigenvalue weighted by atomic mass is 32.2. The number of rotatable bonds is 6. The first-order valence-corrected chi connectivity index (χ1v) is 19.0. The van der Waals surface area contributed by atoms with Crippen LogP contribution in [-0.2, 0) is 26.2 Å². The number of piperidine rings is 2. The maximum Gasteiger partial charge on any atom is 0.265 e. The Labute approximate surface area is 277 Å². The predicted molar refractivity (Wildman–Crippen MR) is 182 cm³/mol. The van der Waals surface area contributed by atoms with E-state index in [0.29, 0.717) is 30.5 Å². The number of nitrogens with one attached hydrogen (secondary N) is 1. The number of ether oxygens (including phenoxy) is 1. The Morgan fingerprint density at radius 3 is 2.47 bits per heavy atom. The van der Waals surface area contributed by atoms with Crippen LogP contribution in [0.3, 0.4) is 0 Å². The van der Waals surface area contributed by atoms with E-state index in [1.54, 1.807) is 21.0 Å². The monoisotopic (exact) mass is 658 g/mol. The quantitative estimate of drug-likeness (QED) is 0.462. The summed E-state index contributed by atoms with van der Waals surface area (Å²) in [5.41, 5.74) is 6.62. The van der Waals surface area contributed by atoms with Crippen LogP contribution in [0.1, 0.15) is 88.3 Å². The number of aromatic nitrogens is 1. The van der Waals surface area contributed by atoms with Gasteiger partial charge in [0.2, 0.25) is 15.9 Å². The largest absolute Gasteiger partial charge is 0.496 e. The Morgan fingerprint density at radius 2 is 1.79 bits per heavy atom. The third-order valence-corrected chi connectivity index (χ3v) is 13.7. The molecule has 250 valence electrons. The normalized spacial score (nSPS) is 27.6. The molecule has 1 saturated carbocycles. The average molecular weight is 659 g/mol. The molecule has 4 atom stereocenters. The van der Waals surface area contributed by atoms with Crippen molar-refractivity contribution in [3.8, 4) is 5.75 Å². The molecule has 1 N–H and O–H groups in total. The van der Waals surface area contributed by atoms with Crippen LogP contribution in [0, 0.1) is 5.92 Å². The first-order valence-electron chi connectivity index (χ1n) is 17.5. The second-order valence-corrected chi connectivity index (χ2v) is 17.1. The summed E-state index contributed by atoms with van der Waals surface area (Å²) in [6, 6.07) is 7.16. The highest BCUT2D eigenvalue weighted by molar-refractivity contribution is 7.90. The molecule has 1 aromatic heterocycles. The molecule has 9 rings (SSSR count).